The Morgan fingerprint density at radius 3 is 2.91 bits per heavy atom. The van der Waals surface area contributed by atoms with Crippen molar-refractivity contribution in [2.45, 2.75) is 6.10 Å². The Hall–Kier alpha value is -2.38. The summed E-state index contributed by atoms with van der Waals surface area (Å²) in [6.07, 6.45) is 4.53. The van der Waals surface area contributed by atoms with Crippen molar-refractivity contribution in [1.82, 2.24) is 19.7 Å². The standard InChI is InChI=1S/C15H16N4O2S/c1-18-15(19-5-2-3-6-19)12(8-17-18)14(21)16-9-13(20)11-4-7-22-10-11/h2-8,10,13,20H,9H2,1H3,(H,16,21)/t13-/m0/s1. The number of aryl methyl sites for hydroxylation is 1. The molecule has 22 heavy (non-hydrogen) atoms. The average molecular weight is 316 g/mol. The summed E-state index contributed by atoms with van der Waals surface area (Å²) in [6.45, 7) is 0.162. The van der Waals surface area contributed by atoms with Gasteiger partial charge in [-0.2, -0.15) is 16.4 Å². The molecular weight excluding hydrogens is 300 g/mol. The van der Waals surface area contributed by atoms with Crippen LogP contribution in [0.4, 0.5) is 0 Å². The van der Waals surface area contributed by atoms with Crippen LogP contribution in [0.15, 0.2) is 47.5 Å². The Morgan fingerprint density at radius 2 is 2.23 bits per heavy atom. The lowest BCUT2D eigenvalue weighted by Gasteiger charge is -2.11. The second-order valence-corrected chi connectivity index (χ2v) is 5.66. The van der Waals surface area contributed by atoms with E-state index in [4.69, 9.17) is 0 Å². The van der Waals surface area contributed by atoms with Crippen molar-refractivity contribution in [2.75, 3.05) is 6.54 Å². The van der Waals surface area contributed by atoms with E-state index in [9.17, 15) is 9.90 Å². The molecule has 0 bridgehead atoms. The molecule has 0 saturated heterocycles. The van der Waals surface area contributed by atoms with Crippen LogP contribution in [-0.2, 0) is 7.05 Å². The molecule has 7 heteroatoms. The second-order valence-electron chi connectivity index (χ2n) is 4.88. The van der Waals surface area contributed by atoms with Gasteiger partial charge in [-0.15, -0.1) is 0 Å². The molecule has 1 atom stereocenters. The molecule has 0 fully saturated rings. The number of nitrogens with one attached hydrogen (secondary N) is 1. The molecule has 6 nitrogen and oxygen atoms in total. The number of thiophene rings is 1. The van der Waals surface area contributed by atoms with Crippen molar-refractivity contribution in [3.05, 3.63) is 58.7 Å². The van der Waals surface area contributed by atoms with Crippen molar-refractivity contribution in [1.29, 1.82) is 0 Å². The smallest absolute Gasteiger partial charge is 0.256 e. The van der Waals surface area contributed by atoms with Crippen molar-refractivity contribution >= 4 is 17.2 Å². The summed E-state index contributed by atoms with van der Waals surface area (Å²) in [4.78, 5) is 12.4. The number of amides is 1. The normalized spacial score (nSPS) is 12.3. The fraction of sp³-hybridized carbons (Fsp3) is 0.200. The first-order valence-electron chi connectivity index (χ1n) is 6.80. The van der Waals surface area contributed by atoms with Gasteiger partial charge in [0.1, 0.15) is 11.4 Å². The van der Waals surface area contributed by atoms with Gasteiger partial charge in [-0.1, -0.05) is 0 Å². The van der Waals surface area contributed by atoms with Gasteiger partial charge in [-0.3, -0.25) is 9.48 Å². The number of aromatic nitrogens is 3. The molecule has 3 heterocycles. The molecule has 0 aliphatic rings. The third-order valence-corrected chi connectivity index (χ3v) is 4.09. The van der Waals surface area contributed by atoms with Gasteiger partial charge in [0.2, 0.25) is 0 Å². The van der Waals surface area contributed by atoms with Gasteiger partial charge >= 0.3 is 0 Å². The van der Waals surface area contributed by atoms with Gasteiger partial charge in [0, 0.05) is 26.0 Å². The van der Waals surface area contributed by atoms with E-state index in [1.165, 1.54) is 17.5 Å². The van der Waals surface area contributed by atoms with E-state index < -0.39 is 6.10 Å². The number of aliphatic hydroxyl groups excluding tert-OH is 1. The zero-order valence-corrected chi connectivity index (χ0v) is 12.8. The predicted octanol–water partition coefficient (Wildman–Crippen LogP) is 1.74. The van der Waals surface area contributed by atoms with Crippen molar-refractivity contribution < 1.29 is 9.90 Å². The van der Waals surface area contributed by atoms with E-state index in [0.29, 0.717) is 11.4 Å². The van der Waals surface area contributed by atoms with Crippen LogP contribution in [0.2, 0.25) is 0 Å². The van der Waals surface area contributed by atoms with Crippen LogP contribution in [0.3, 0.4) is 0 Å². The fourth-order valence-electron chi connectivity index (χ4n) is 2.24. The Balaban J connectivity index is 1.73. The van der Waals surface area contributed by atoms with Crippen LogP contribution >= 0.6 is 11.3 Å². The minimum absolute atomic E-state index is 0.162. The van der Waals surface area contributed by atoms with E-state index in [1.54, 1.807) is 11.7 Å². The third-order valence-electron chi connectivity index (χ3n) is 3.39. The molecule has 3 rings (SSSR count). The summed E-state index contributed by atoms with van der Waals surface area (Å²) in [5.74, 6) is 0.429. The first-order valence-corrected chi connectivity index (χ1v) is 7.75. The number of nitrogens with zero attached hydrogens (tertiary/aromatic N) is 3. The lowest BCUT2D eigenvalue weighted by molar-refractivity contribution is 0.0916. The lowest BCUT2D eigenvalue weighted by atomic mass is 10.2. The van der Waals surface area contributed by atoms with E-state index in [-0.39, 0.29) is 12.5 Å². The van der Waals surface area contributed by atoms with Gasteiger partial charge in [-0.05, 0) is 34.5 Å². The molecule has 1 amide bonds. The molecule has 2 N–H and O–H groups in total. The van der Waals surface area contributed by atoms with Gasteiger partial charge in [0.25, 0.3) is 5.91 Å². The lowest BCUT2D eigenvalue weighted by Crippen LogP contribution is -2.29. The van der Waals surface area contributed by atoms with Crippen LogP contribution in [0, 0.1) is 0 Å². The van der Waals surface area contributed by atoms with Crippen LogP contribution in [0.25, 0.3) is 5.82 Å². The summed E-state index contributed by atoms with van der Waals surface area (Å²) in [6, 6.07) is 5.61. The fourth-order valence-corrected chi connectivity index (χ4v) is 2.95. The maximum Gasteiger partial charge on any atom is 0.256 e. The highest BCUT2D eigenvalue weighted by Gasteiger charge is 2.18. The Bertz CT molecular complexity index is 747. The molecule has 0 aliphatic carbocycles. The first kappa shape index (κ1) is 14.6. The van der Waals surface area contributed by atoms with Gasteiger partial charge in [0.05, 0.1) is 12.3 Å². The van der Waals surface area contributed by atoms with Gasteiger partial charge < -0.3 is 15.0 Å². The monoisotopic (exact) mass is 316 g/mol. The number of aliphatic hydroxyl groups is 1. The van der Waals surface area contributed by atoms with E-state index in [2.05, 4.69) is 10.4 Å². The highest BCUT2D eigenvalue weighted by Crippen LogP contribution is 2.17. The zero-order chi connectivity index (χ0) is 15.5. The van der Waals surface area contributed by atoms with Crippen molar-refractivity contribution in [3.63, 3.8) is 0 Å². The largest absolute Gasteiger partial charge is 0.387 e. The maximum atomic E-state index is 12.4. The number of carbonyl (C=O) groups excluding carboxylic acids is 1. The number of carbonyl (C=O) groups is 1. The minimum atomic E-state index is -0.707. The summed E-state index contributed by atoms with van der Waals surface area (Å²) in [5, 5.41) is 20.7. The molecule has 3 aromatic heterocycles. The second kappa shape index (κ2) is 6.17. The van der Waals surface area contributed by atoms with E-state index in [0.717, 1.165) is 5.56 Å². The van der Waals surface area contributed by atoms with Crippen molar-refractivity contribution in [2.24, 2.45) is 7.05 Å². The van der Waals surface area contributed by atoms with Gasteiger partial charge in [-0.25, -0.2) is 0 Å². The summed E-state index contributed by atoms with van der Waals surface area (Å²) in [5.41, 5.74) is 1.28. The van der Waals surface area contributed by atoms with E-state index in [1.807, 2.05) is 45.9 Å². The number of hydrogen-bond donors (Lipinski definition) is 2. The molecule has 3 aromatic rings. The first-order chi connectivity index (χ1) is 10.7. The molecule has 0 unspecified atom stereocenters. The molecule has 0 aromatic carbocycles. The summed E-state index contributed by atoms with van der Waals surface area (Å²) >= 11 is 1.51. The molecular formula is C15H16N4O2S. The molecule has 0 radical (unpaired) electrons. The highest BCUT2D eigenvalue weighted by molar-refractivity contribution is 7.07. The molecule has 0 spiro atoms. The summed E-state index contributed by atoms with van der Waals surface area (Å²) in [7, 11) is 1.78. The summed E-state index contributed by atoms with van der Waals surface area (Å²) < 4.78 is 3.47. The quantitative estimate of drug-likeness (QED) is 0.753. The Labute approximate surface area is 131 Å². The Morgan fingerprint density at radius 1 is 1.45 bits per heavy atom. The third kappa shape index (κ3) is 2.81. The average Bonchev–Trinajstić information content (AvgIpc) is 3.24. The predicted molar refractivity (Wildman–Crippen MR) is 84.1 cm³/mol. The van der Waals surface area contributed by atoms with Crippen LogP contribution in [0.5, 0.6) is 0 Å². The van der Waals surface area contributed by atoms with Crippen LogP contribution in [0.1, 0.15) is 22.0 Å². The maximum absolute atomic E-state index is 12.4. The highest BCUT2D eigenvalue weighted by atomic mass is 32.1. The topological polar surface area (TPSA) is 72.1 Å². The van der Waals surface area contributed by atoms with E-state index >= 15 is 0 Å². The number of hydrogen-bond acceptors (Lipinski definition) is 4. The molecule has 0 aliphatic heterocycles. The van der Waals surface area contributed by atoms with Crippen molar-refractivity contribution in [3.8, 4) is 5.82 Å². The number of rotatable bonds is 5. The zero-order valence-electron chi connectivity index (χ0n) is 12.0. The van der Waals surface area contributed by atoms with Crippen LogP contribution in [-0.4, -0.2) is 31.9 Å². The Kier molecular flexibility index (Phi) is 4.08. The minimum Gasteiger partial charge on any atom is -0.387 e. The van der Waals surface area contributed by atoms with Crippen LogP contribution < -0.4 is 5.32 Å². The van der Waals surface area contributed by atoms with Gasteiger partial charge in [0.15, 0.2) is 0 Å². The SMILES string of the molecule is Cn1ncc(C(=O)NC[C@H](O)c2ccsc2)c1-n1cccc1. The molecule has 114 valence electrons. The molecule has 0 saturated carbocycles.